The first-order chi connectivity index (χ1) is 19.3. The van der Waals surface area contributed by atoms with E-state index < -0.39 is 17.8 Å². The summed E-state index contributed by atoms with van der Waals surface area (Å²) in [6, 6.07) is 14.9. The highest BCUT2D eigenvalue weighted by Gasteiger charge is 2.36. The quantitative estimate of drug-likeness (QED) is 0.229. The molecule has 4 amide bonds. The summed E-state index contributed by atoms with van der Waals surface area (Å²) in [4.78, 5) is 39.7. The van der Waals surface area contributed by atoms with Gasteiger partial charge in [-0.15, -0.1) is 0 Å². The fourth-order valence-corrected chi connectivity index (χ4v) is 4.11. The lowest BCUT2D eigenvalue weighted by atomic mass is 10.1. The van der Waals surface area contributed by atoms with Crippen molar-refractivity contribution in [1.29, 1.82) is 0 Å². The molecule has 40 heavy (non-hydrogen) atoms. The highest BCUT2D eigenvalue weighted by molar-refractivity contribution is 6.32. The number of imide groups is 2. The number of nitrogens with one attached hydrogen (secondary N) is 1. The highest BCUT2D eigenvalue weighted by atomic mass is 35.5. The van der Waals surface area contributed by atoms with Crippen LogP contribution in [0, 0.1) is 5.82 Å². The SMILES string of the molecule is CCCOc1ccc(CN2C(=O)NC(=O)/C(=C\c3cc(Cl)ccc3OCc3ccc(F)cc3)C2=O)cc1OCC. The Balaban J connectivity index is 1.59. The first kappa shape index (κ1) is 28.6. The minimum Gasteiger partial charge on any atom is -0.490 e. The van der Waals surface area contributed by atoms with Gasteiger partial charge in [-0.2, -0.15) is 0 Å². The molecule has 3 aromatic rings. The molecule has 0 aliphatic carbocycles. The number of nitrogens with zero attached hydrogens (tertiary/aromatic N) is 1. The van der Waals surface area contributed by atoms with Gasteiger partial charge in [0.25, 0.3) is 11.8 Å². The van der Waals surface area contributed by atoms with Crippen molar-refractivity contribution in [3.63, 3.8) is 0 Å². The maximum atomic E-state index is 13.4. The van der Waals surface area contributed by atoms with Crippen LogP contribution >= 0.6 is 11.6 Å². The minimum atomic E-state index is -0.839. The number of hydrogen-bond acceptors (Lipinski definition) is 6. The molecular formula is C30H28ClFN2O6. The van der Waals surface area contributed by atoms with Gasteiger partial charge < -0.3 is 14.2 Å². The van der Waals surface area contributed by atoms with E-state index in [2.05, 4.69) is 5.32 Å². The second kappa shape index (κ2) is 13.1. The number of carbonyl (C=O) groups excluding carboxylic acids is 3. The van der Waals surface area contributed by atoms with Crippen molar-refractivity contribution in [2.24, 2.45) is 0 Å². The molecule has 8 nitrogen and oxygen atoms in total. The van der Waals surface area contributed by atoms with Gasteiger partial charge in [0, 0.05) is 10.6 Å². The Morgan fingerprint density at radius 3 is 2.33 bits per heavy atom. The maximum absolute atomic E-state index is 13.4. The topological polar surface area (TPSA) is 94.2 Å². The van der Waals surface area contributed by atoms with Gasteiger partial charge in [0.2, 0.25) is 0 Å². The van der Waals surface area contributed by atoms with Gasteiger partial charge in [0.15, 0.2) is 11.5 Å². The van der Waals surface area contributed by atoms with Crippen LogP contribution < -0.4 is 19.5 Å². The summed E-state index contributed by atoms with van der Waals surface area (Å²) in [6.45, 7) is 4.76. The molecule has 0 unspecified atom stereocenters. The predicted molar refractivity (Wildman–Crippen MR) is 148 cm³/mol. The zero-order valence-electron chi connectivity index (χ0n) is 22.0. The number of benzene rings is 3. The number of barbiturate groups is 1. The third kappa shape index (κ3) is 6.98. The highest BCUT2D eigenvalue weighted by Crippen LogP contribution is 2.31. The van der Waals surface area contributed by atoms with Crippen molar-refractivity contribution in [3.05, 3.63) is 93.8 Å². The van der Waals surface area contributed by atoms with Crippen molar-refractivity contribution in [1.82, 2.24) is 10.2 Å². The summed E-state index contributed by atoms with van der Waals surface area (Å²) in [5.41, 5.74) is 1.42. The minimum absolute atomic E-state index is 0.104. The number of urea groups is 1. The lowest BCUT2D eigenvalue weighted by Gasteiger charge is -2.27. The van der Waals surface area contributed by atoms with Crippen LogP contribution in [0.1, 0.15) is 37.0 Å². The van der Waals surface area contributed by atoms with Crippen LogP contribution in [0.25, 0.3) is 6.08 Å². The van der Waals surface area contributed by atoms with Gasteiger partial charge in [-0.05, 0) is 73.0 Å². The van der Waals surface area contributed by atoms with Crippen LogP contribution in [0.4, 0.5) is 9.18 Å². The van der Waals surface area contributed by atoms with E-state index in [0.717, 1.165) is 16.9 Å². The van der Waals surface area contributed by atoms with E-state index in [1.807, 2.05) is 13.8 Å². The Morgan fingerprint density at radius 1 is 0.875 bits per heavy atom. The molecule has 1 saturated heterocycles. The average molecular weight is 567 g/mol. The van der Waals surface area contributed by atoms with Crippen LogP contribution in [-0.2, 0) is 22.7 Å². The molecule has 0 radical (unpaired) electrons. The van der Waals surface area contributed by atoms with E-state index in [0.29, 0.717) is 46.6 Å². The van der Waals surface area contributed by atoms with E-state index in [4.69, 9.17) is 25.8 Å². The molecule has 208 valence electrons. The Bertz CT molecular complexity index is 1440. The van der Waals surface area contributed by atoms with E-state index in [-0.39, 0.29) is 24.5 Å². The molecule has 3 aromatic carbocycles. The summed E-state index contributed by atoms with van der Waals surface area (Å²) in [5.74, 6) is -0.582. The van der Waals surface area contributed by atoms with Crippen LogP contribution in [0.2, 0.25) is 5.02 Å². The molecule has 1 aliphatic heterocycles. The zero-order valence-corrected chi connectivity index (χ0v) is 22.8. The summed E-state index contributed by atoms with van der Waals surface area (Å²) < 4.78 is 30.5. The number of rotatable bonds is 11. The maximum Gasteiger partial charge on any atom is 0.331 e. The Hall–Kier alpha value is -4.37. The van der Waals surface area contributed by atoms with Crippen LogP contribution in [0.5, 0.6) is 17.2 Å². The second-order valence-corrected chi connectivity index (χ2v) is 9.30. The van der Waals surface area contributed by atoms with Gasteiger partial charge in [0.1, 0.15) is 23.7 Å². The first-order valence-electron chi connectivity index (χ1n) is 12.7. The lowest BCUT2D eigenvalue weighted by molar-refractivity contribution is -0.130. The predicted octanol–water partition coefficient (Wildman–Crippen LogP) is 5.91. The van der Waals surface area contributed by atoms with Crippen molar-refractivity contribution in [2.75, 3.05) is 13.2 Å². The van der Waals surface area contributed by atoms with Crippen molar-refractivity contribution in [3.8, 4) is 17.2 Å². The largest absolute Gasteiger partial charge is 0.490 e. The number of carbonyl (C=O) groups is 3. The van der Waals surface area contributed by atoms with Gasteiger partial charge >= 0.3 is 6.03 Å². The molecular weight excluding hydrogens is 539 g/mol. The number of ether oxygens (including phenoxy) is 3. The third-order valence-corrected chi connectivity index (χ3v) is 6.11. The van der Waals surface area contributed by atoms with Crippen molar-refractivity contribution < 1.29 is 33.0 Å². The molecule has 0 atom stereocenters. The molecule has 1 fully saturated rings. The molecule has 4 rings (SSSR count). The first-order valence-corrected chi connectivity index (χ1v) is 13.1. The van der Waals surface area contributed by atoms with Crippen LogP contribution in [-0.4, -0.2) is 36.0 Å². The van der Waals surface area contributed by atoms with E-state index in [9.17, 15) is 18.8 Å². The van der Waals surface area contributed by atoms with Crippen molar-refractivity contribution >= 4 is 35.5 Å². The number of halogens is 2. The zero-order chi connectivity index (χ0) is 28.6. The Kier molecular flexibility index (Phi) is 9.39. The fraction of sp³-hybridized carbons (Fsp3) is 0.233. The fourth-order valence-electron chi connectivity index (χ4n) is 3.93. The summed E-state index contributed by atoms with van der Waals surface area (Å²) in [5, 5.41) is 2.57. The summed E-state index contributed by atoms with van der Waals surface area (Å²) >= 11 is 6.19. The standard InChI is InChI=1S/C30H28ClFN2O6/c1-3-13-39-26-11-7-20(14-27(26)38-4-2)17-34-29(36)24(28(35)33-30(34)37)16-21-15-22(31)8-12-25(21)40-18-19-5-9-23(32)10-6-19/h5-12,14-16H,3-4,13,17-18H2,1-2H3,(H,33,35,37)/b24-16+. The molecule has 0 saturated carbocycles. The van der Waals surface area contributed by atoms with E-state index in [1.54, 1.807) is 48.5 Å². The normalized spacial score (nSPS) is 14.3. The monoisotopic (exact) mass is 566 g/mol. The van der Waals surface area contributed by atoms with Crippen LogP contribution in [0.3, 0.4) is 0 Å². The molecule has 0 bridgehead atoms. The van der Waals surface area contributed by atoms with Crippen LogP contribution in [0.15, 0.2) is 66.2 Å². The third-order valence-electron chi connectivity index (χ3n) is 5.88. The summed E-state index contributed by atoms with van der Waals surface area (Å²) in [7, 11) is 0. The smallest absolute Gasteiger partial charge is 0.331 e. The molecule has 1 heterocycles. The second-order valence-electron chi connectivity index (χ2n) is 8.87. The number of amides is 4. The Labute approximate surface area is 236 Å². The Morgan fingerprint density at radius 2 is 1.60 bits per heavy atom. The van der Waals surface area contributed by atoms with E-state index in [1.165, 1.54) is 18.2 Å². The molecule has 1 aliphatic rings. The molecule has 0 aromatic heterocycles. The lowest BCUT2D eigenvalue weighted by Crippen LogP contribution is -2.53. The van der Waals surface area contributed by atoms with Gasteiger partial charge in [-0.1, -0.05) is 36.7 Å². The van der Waals surface area contributed by atoms with Gasteiger partial charge in [-0.25, -0.2) is 9.18 Å². The van der Waals surface area contributed by atoms with Crippen molar-refractivity contribution in [2.45, 2.75) is 33.4 Å². The molecule has 10 heteroatoms. The number of hydrogen-bond donors (Lipinski definition) is 1. The molecule has 0 spiro atoms. The summed E-state index contributed by atoms with van der Waals surface area (Å²) in [6.07, 6.45) is 2.15. The van der Waals surface area contributed by atoms with Gasteiger partial charge in [0.05, 0.1) is 19.8 Å². The molecule has 1 N–H and O–H groups in total. The van der Waals surface area contributed by atoms with E-state index >= 15 is 0 Å². The van der Waals surface area contributed by atoms with Gasteiger partial charge in [-0.3, -0.25) is 19.8 Å². The average Bonchev–Trinajstić information content (AvgIpc) is 2.93.